The van der Waals surface area contributed by atoms with Crippen molar-refractivity contribution in [2.45, 2.75) is 64.3 Å². The number of nitrogens with one attached hydrogen (secondary N) is 2. The Morgan fingerprint density at radius 2 is 2.00 bits per heavy atom. The Balaban J connectivity index is 1.44. The summed E-state index contributed by atoms with van der Waals surface area (Å²) in [6.07, 6.45) is 9.93. The number of carbonyl (C=O) groups excluding carboxylic acids is 1. The van der Waals surface area contributed by atoms with E-state index in [0.29, 0.717) is 12.5 Å². The third-order valence-electron chi connectivity index (χ3n) is 4.25. The maximum absolute atomic E-state index is 11.5. The quantitative estimate of drug-likeness (QED) is 0.683. The average molecular weight is 252 g/mol. The normalized spacial score (nSPS) is 28.1. The van der Waals surface area contributed by atoms with Gasteiger partial charge in [-0.05, 0) is 44.1 Å². The molecule has 0 aliphatic heterocycles. The summed E-state index contributed by atoms with van der Waals surface area (Å²) in [6, 6.07) is 0.501. The highest BCUT2D eigenvalue weighted by Gasteiger charge is 2.22. The summed E-state index contributed by atoms with van der Waals surface area (Å²) in [5.41, 5.74) is 0. The molecular weight excluding hydrogens is 224 g/mol. The summed E-state index contributed by atoms with van der Waals surface area (Å²) in [5, 5.41) is 6.43. The van der Waals surface area contributed by atoms with E-state index in [4.69, 9.17) is 0 Å². The van der Waals surface area contributed by atoms with E-state index in [9.17, 15) is 4.79 Å². The fourth-order valence-corrected chi connectivity index (χ4v) is 2.98. The molecule has 1 amide bonds. The first-order valence-electron chi connectivity index (χ1n) is 7.74. The molecule has 2 aliphatic rings. The van der Waals surface area contributed by atoms with Crippen molar-refractivity contribution in [1.82, 2.24) is 10.6 Å². The Kier molecular flexibility index (Phi) is 5.48. The lowest BCUT2D eigenvalue weighted by Crippen LogP contribution is -2.30. The van der Waals surface area contributed by atoms with Crippen molar-refractivity contribution < 1.29 is 4.79 Å². The topological polar surface area (TPSA) is 41.1 Å². The SMILES string of the molecule is CC1CCCC(CCNCCC(=O)NC2CC2)C1. The van der Waals surface area contributed by atoms with Crippen LogP contribution in [0.4, 0.5) is 0 Å². The maximum atomic E-state index is 11.5. The second-order valence-electron chi connectivity index (χ2n) is 6.27. The number of rotatable bonds is 7. The zero-order chi connectivity index (χ0) is 12.8. The predicted octanol–water partition coefficient (Wildman–Crippen LogP) is 2.46. The van der Waals surface area contributed by atoms with E-state index in [1.807, 2.05) is 0 Å². The van der Waals surface area contributed by atoms with Gasteiger partial charge in [0.15, 0.2) is 0 Å². The molecule has 3 nitrogen and oxygen atoms in total. The summed E-state index contributed by atoms with van der Waals surface area (Å²) >= 11 is 0. The lowest BCUT2D eigenvalue weighted by Gasteiger charge is -2.26. The Morgan fingerprint density at radius 1 is 1.17 bits per heavy atom. The van der Waals surface area contributed by atoms with Gasteiger partial charge < -0.3 is 10.6 Å². The van der Waals surface area contributed by atoms with Crippen LogP contribution in [0.1, 0.15) is 58.3 Å². The van der Waals surface area contributed by atoms with Crippen molar-refractivity contribution in [3.8, 4) is 0 Å². The number of hydrogen-bond donors (Lipinski definition) is 2. The molecule has 0 saturated heterocycles. The molecule has 2 unspecified atom stereocenters. The minimum absolute atomic E-state index is 0.219. The Labute approximate surface area is 111 Å². The fraction of sp³-hybridized carbons (Fsp3) is 0.933. The molecule has 0 bridgehead atoms. The van der Waals surface area contributed by atoms with Gasteiger partial charge in [-0.2, -0.15) is 0 Å². The van der Waals surface area contributed by atoms with Gasteiger partial charge in [0.1, 0.15) is 0 Å². The molecule has 0 aromatic carbocycles. The standard InChI is InChI=1S/C15H28N2O/c1-12-3-2-4-13(11-12)7-9-16-10-8-15(18)17-14-5-6-14/h12-14,16H,2-11H2,1H3,(H,17,18). The van der Waals surface area contributed by atoms with Crippen LogP contribution in [0.15, 0.2) is 0 Å². The van der Waals surface area contributed by atoms with Gasteiger partial charge in [0.2, 0.25) is 5.91 Å². The molecule has 0 radical (unpaired) electrons. The van der Waals surface area contributed by atoms with Gasteiger partial charge >= 0.3 is 0 Å². The maximum Gasteiger partial charge on any atom is 0.221 e. The first-order valence-corrected chi connectivity index (χ1v) is 7.74. The molecule has 2 fully saturated rings. The van der Waals surface area contributed by atoms with Gasteiger partial charge in [-0.25, -0.2) is 0 Å². The minimum Gasteiger partial charge on any atom is -0.353 e. The molecular formula is C15H28N2O. The lowest BCUT2D eigenvalue weighted by atomic mass is 9.81. The first-order chi connectivity index (χ1) is 8.74. The van der Waals surface area contributed by atoms with E-state index in [1.165, 1.54) is 44.9 Å². The van der Waals surface area contributed by atoms with Gasteiger partial charge in [0.25, 0.3) is 0 Å². The van der Waals surface area contributed by atoms with Gasteiger partial charge in [-0.3, -0.25) is 4.79 Å². The second kappa shape index (κ2) is 7.13. The Bertz CT molecular complexity index is 263. The van der Waals surface area contributed by atoms with Crippen molar-refractivity contribution in [3.05, 3.63) is 0 Å². The van der Waals surface area contributed by atoms with Crippen molar-refractivity contribution >= 4 is 5.91 Å². The van der Waals surface area contributed by atoms with E-state index < -0.39 is 0 Å². The minimum atomic E-state index is 0.219. The van der Waals surface area contributed by atoms with Gasteiger partial charge in [0, 0.05) is 19.0 Å². The van der Waals surface area contributed by atoms with Crippen LogP contribution in [-0.4, -0.2) is 25.0 Å². The van der Waals surface area contributed by atoms with Gasteiger partial charge in [-0.1, -0.05) is 26.2 Å². The molecule has 0 aromatic heterocycles. The molecule has 2 atom stereocenters. The highest BCUT2D eigenvalue weighted by molar-refractivity contribution is 5.76. The van der Waals surface area contributed by atoms with Crippen molar-refractivity contribution in [1.29, 1.82) is 0 Å². The first kappa shape index (κ1) is 13.9. The lowest BCUT2D eigenvalue weighted by molar-refractivity contribution is -0.121. The molecule has 2 saturated carbocycles. The number of carbonyl (C=O) groups is 1. The smallest absolute Gasteiger partial charge is 0.221 e. The summed E-state index contributed by atoms with van der Waals surface area (Å²) in [6.45, 7) is 4.29. The van der Waals surface area contributed by atoms with Crippen LogP contribution in [0.3, 0.4) is 0 Å². The molecule has 0 heterocycles. The van der Waals surface area contributed by atoms with Crippen LogP contribution in [-0.2, 0) is 4.79 Å². The molecule has 18 heavy (non-hydrogen) atoms. The second-order valence-corrected chi connectivity index (χ2v) is 6.27. The summed E-state index contributed by atoms with van der Waals surface area (Å²) in [7, 11) is 0. The summed E-state index contributed by atoms with van der Waals surface area (Å²) in [4.78, 5) is 11.5. The number of amides is 1. The largest absolute Gasteiger partial charge is 0.353 e. The zero-order valence-electron chi connectivity index (χ0n) is 11.7. The molecule has 2 N–H and O–H groups in total. The zero-order valence-corrected chi connectivity index (χ0v) is 11.7. The molecule has 2 aliphatic carbocycles. The monoisotopic (exact) mass is 252 g/mol. The van der Waals surface area contributed by atoms with Gasteiger partial charge in [0.05, 0.1) is 0 Å². The average Bonchev–Trinajstić information content (AvgIpc) is 3.12. The third-order valence-corrected chi connectivity index (χ3v) is 4.25. The van der Waals surface area contributed by atoms with Crippen LogP contribution < -0.4 is 10.6 Å². The molecule has 3 heteroatoms. The summed E-state index contributed by atoms with van der Waals surface area (Å²) < 4.78 is 0. The van der Waals surface area contributed by atoms with Crippen LogP contribution >= 0.6 is 0 Å². The van der Waals surface area contributed by atoms with Crippen LogP contribution in [0, 0.1) is 11.8 Å². The van der Waals surface area contributed by atoms with E-state index in [2.05, 4.69) is 17.6 Å². The van der Waals surface area contributed by atoms with Crippen LogP contribution in [0.2, 0.25) is 0 Å². The van der Waals surface area contributed by atoms with E-state index >= 15 is 0 Å². The Hall–Kier alpha value is -0.570. The van der Waals surface area contributed by atoms with Crippen LogP contribution in [0.25, 0.3) is 0 Å². The molecule has 2 rings (SSSR count). The van der Waals surface area contributed by atoms with E-state index in [1.54, 1.807) is 0 Å². The van der Waals surface area contributed by atoms with Gasteiger partial charge in [-0.15, -0.1) is 0 Å². The van der Waals surface area contributed by atoms with Crippen LogP contribution in [0.5, 0.6) is 0 Å². The fourth-order valence-electron chi connectivity index (χ4n) is 2.98. The highest BCUT2D eigenvalue weighted by Crippen LogP contribution is 2.30. The summed E-state index contributed by atoms with van der Waals surface area (Å²) in [5.74, 6) is 2.06. The number of hydrogen-bond acceptors (Lipinski definition) is 2. The predicted molar refractivity (Wildman–Crippen MR) is 74.4 cm³/mol. The molecule has 0 spiro atoms. The third kappa shape index (κ3) is 5.38. The molecule has 0 aromatic rings. The highest BCUT2D eigenvalue weighted by atomic mass is 16.1. The van der Waals surface area contributed by atoms with E-state index in [0.717, 1.165) is 24.9 Å². The Morgan fingerprint density at radius 3 is 2.72 bits per heavy atom. The van der Waals surface area contributed by atoms with Crippen molar-refractivity contribution in [3.63, 3.8) is 0 Å². The van der Waals surface area contributed by atoms with Crippen molar-refractivity contribution in [2.24, 2.45) is 11.8 Å². The van der Waals surface area contributed by atoms with E-state index in [-0.39, 0.29) is 5.91 Å². The van der Waals surface area contributed by atoms with Crippen molar-refractivity contribution in [2.75, 3.05) is 13.1 Å². The molecule has 104 valence electrons.